The Bertz CT molecular complexity index is 499. The van der Waals surface area contributed by atoms with Crippen molar-refractivity contribution in [3.8, 4) is 11.8 Å². The third-order valence-corrected chi connectivity index (χ3v) is 2.78. The SMILES string of the molecule is COCCN(CCC#N)c1cc(OC)ccc1[N+](=O)[O-]. The van der Waals surface area contributed by atoms with Crippen molar-refractivity contribution < 1.29 is 14.4 Å². The summed E-state index contributed by atoms with van der Waals surface area (Å²) in [6, 6.07) is 6.59. The highest BCUT2D eigenvalue weighted by Gasteiger charge is 2.20. The minimum absolute atomic E-state index is 0.0140. The van der Waals surface area contributed by atoms with Crippen molar-refractivity contribution in [2.24, 2.45) is 0 Å². The first-order chi connectivity index (χ1) is 9.63. The van der Waals surface area contributed by atoms with E-state index in [1.165, 1.54) is 13.2 Å². The average Bonchev–Trinajstić information content (AvgIpc) is 2.46. The fourth-order valence-electron chi connectivity index (χ4n) is 1.78. The van der Waals surface area contributed by atoms with Gasteiger partial charge in [0.05, 0.1) is 31.1 Å². The maximum Gasteiger partial charge on any atom is 0.292 e. The summed E-state index contributed by atoms with van der Waals surface area (Å²) in [4.78, 5) is 12.4. The number of benzene rings is 1. The molecule has 7 heteroatoms. The number of hydrogen-bond donors (Lipinski definition) is 0. The van der Waals surface area contributed by atoms with Gasteiger partial charge in [0.2, 0.25) is 0 Å². The molecule has 20 heavy (non-hydrogen) atoms. The lowest BCUT2D eigenvalue weighted by Gasteiger charge is -2.23. The first-order valence-corrected chi connectivity index (χ1v) is 6.07. The van der Waals surface area contributed by atoms with E-state index in [-0.39, 0.29) is 12.1 Å². The van der Waals surface area contributed by atoms with Gasteiger partial charge in [-0.15, -0.1) is 0 Å². The number of anilines is 1. The highest BCUT2D eigenvalue weighted by atomic mass is 16.6. The first-order valence-electron chi connectivity index (χ1n) is 6.07. The maximum atomic E-state index is 11.1. The lowest BCUT2D eigenvalue weighted by atomic mass is 10.2. The topological polar surface area (TPSA) is 88.6 Å². The van der Waals surface area contributed by atoms with Gasteiger partial charge in [-0.3, -0.25) is 10.1 Å². The van der Waals surface area contributed by atoms with Crippen LogP contribution in [0.2, 0.25) is 0 Å². The molecule has 0 atom stereocenters. The summed E-state index contributed by atoms with van der Waals surface area (Å²) in [6.07, 6.45) is 0.276. The molecule has 0 N–H and O–H groups in total. The van der Waals surface area contributed by atoms with Gasteiger partial charge in [0.15, 0.2) is 0 Å². The number of nitrogens with zero attached hydrogens (tertiary/aromatic N) is 3. The minimum atomic E-state index is -0.444. The van der Waals surface area contributed by atoms with Crippen LogP contribution in [0.25, 0.3) is 0 Å². The predicted molar refractivity (Wildman–Crippen MR) is 74.0 cm³/mol. The molecule has 1 aromatic carbocycles. The minimum Gasteiger partial charge on any atom is -0.497 e. The largest absolute Gasteiger partial charge is 0.497 e. The predicted octanol–water partition coefficient (Wildman–Crippen LogP) is 1.97. The van der Waals surface area contributed by atoms with E-state index in [4.69, 9.17) is 14.7 Å². The molecule has 7 nitrogen and oxygen atoms in total. The second kappa shape index (κ2) is 7.96. The molecule has 0 bridgehead atoms. The van der Waals surface area contributed by atoms with Gasteiger partial charge in [0.25, 0.3) is 5.69 Å². The lowest BCUT2D eigenvalue weighted by molar-refractivity contribution is -0.384. The van der Waals surface area contributed by atoms with Crippen LogP contribution in [0.4, 0.5) is 11.4 Å². The molecule has 0 heterocycles. The number of hydrogen-bond acceptors (Lipinski definition) is 6. The van der Waals surface area contributed by atoms with Crippen LogP contribution in [0, 0.1) is 21.4 Å². The van der Waals surface area contributed by atoms with E-state index in [0.717, 1.165) is 0 Å². The maximum absolute atomic E-state index is 11.1. The van der Waals surface area contributed by atoms with Gasteiger partial charge in [-0.05, 0) is 6.07 Å². The number of ether oxygens (including phenoxy) is 2. The molecule has 0 unspecified atom stereocenters. The van der Waals surface area contributed by atoms with Crippen LogP contribution in [-0.4, -0.2) is 38.8 Å². The standard InChI is InChI=1S/C13H17N3O4/c1-19-9-8-15(7-3-6-14)13-10-11(20-2)4-5-12(13)16(17)18/h4-5,10H,3,7-9H2,1-2H3. The molecular formula is C13H17N3O4. The summed E-state index contributed by atoms with van der Waals surface area (Å²) in [5, 5.41) is 19.8. The first kappa shape index (κ1) is 15.7. The second-order valence-electron chi connectivity index (χ2n) is 4.00. The Morgan fingerprint density at radius 1 is 1.40 bits per heavy atom. The average molecular weight is 279 g/mol. The van der Waals surface area contributed by atoms with E-state index < -0.39 is 4.92 Å². The van der Waals surface area contributed by atoms with Crippen LogP contribution in [0.15, 0.2) is 18.2 Å². The van der Waals surface area contributed by atoms with Gasteiger partial charge in [-0.2, -0.15) is 5.26 Å². The highest BCUT2D eigenvalue weighted by molar-refractivity contribution is 5.66. The molecule has 0 spiro atoms. The Morgan fingerprint density at radius 2 is 2.15 bits per heavy atom. The van der Waals surface area contributed by atoms with Crippen molar-refractivity contribution in [2.75, 3.05) is 38.8 Å². The van der Waals surface area contributed by atoms with Gasteiger partial charge < -0.3 is 14.4 Å². The number of methoxy groups -OCH3 is 2. The molecule has 0 saturated carbocycles. The summed E-state index contributed by atoms with van der Waals surface area (Å²) >= 11 is 0. The molecule has 0 aliphatic rings. The van der Waals surface area contributed by atoms with E-state index in [1.54, 1.807) is 24.1 Å². The summed E-state index contributed by atoms with van der Waals surface area (Å²) in [7, 11) is 3.06. The third kappa shape index (κ3) is 4.10. The van der Waals surface area contributed by atoms with Crippen molar-refractivity contribution in [1.29, 1.82) is 5.26 Å². The number of nitro benzene ring substituents is 1. The van der Waals surface area contributed by atoms with Crippen molar-refractivity contribution in [2.45, 2.75) is 6.42 Å². The van der Waals surface area contributed by atoms with E-state index in [9.17, 15) is 10.1 Å². The number of nitro groups is 1. The zero-order valence-electron chi connectivity index (χ0n) is 11.5. The van der Waals surface area contributed by atoms with Crippen LogP contribution in [0.5, 0.6) is 5.75 Å². The molecule has 0 aliphatic carbocycles. The molecule has 1 aromatic rings. The molecule has 0 fully saturated rings. The highest BCUT2D eigenvalue weighted by Crippen LogP contribution is 2.32. The van der Waals surface area contributed by atoms with E-state index in [0.29, 0.717) is 31.1 Å². The van der Waals surface area contributed by atoms with E-state index in [1.807, 2.05) is 6.07 Å². The second-order valence-corrected chi connectivity index (χ2v) is 4.00. The Labute approximate surface area is 117 Å². The van der Waals surface area contributed by atoms with Crippen molar-refractivity contribution in [3.63, 3.8) is 0 Å². The monoisotopic (exact) mass is 279 g/mol. The van der Waals surface area contributed by atoms with Gasteiger partial charge in [0.1, 0.15) is 11.4 Å². The van der Waals surface area contributed by atoms with Crippen LogP contribution < -0.4 is 9.64 Å². The fraction of sp³-hybridized carbons (Fsp3) is 0.462. The summed E-state index contributed by atoms with van der Waals surface area (Å²) < 4.78 is 10.1. The molecule has 1 rings (SSSR count). The molecule has 0 radical (unpaired) electrons. The summed E-state index contributed by atoms with van der Waals surface area (Å²) in [5.41, 5.74) is 0.418. The van der Waals surface area contributed by atoms with Gasteiger partial charge in [-0.25, -0.2) is 0 Å². The third-order valence-electron chi connectivity index (χ3n) is 2.78. The molecule has 108 valence electrons. The van der Waals surface area contributed by atoms with Crippen LogP contribution >= 0.6 is 0 Å². The molecule has 0 amide bonds. The van der Waals surface area contributed by atoms with Crippen molar-refractivity contribution in [1.82, 2.24) is 0 Å². The van der Waals surface area contributed by atoms with Crippen LogP contribution in [-0.2, 0) is 4.74 Å². The molecular weight excluding hydrogens is 262 g/mol. The molecule has 0 saturated heterocycles. The fourth-order valence-corrected chi connectivity index (χ4v) is 1.78. The number of nitriles is 1. The Morgan fingerprint density at radius 3 is 2.70 bits per heavy atom. The van der Waals surface area contributed by atoms with Crippen molar-refractivity contribution in [3.05, 3.63) is 28.3 Å². The van der Waals surface area contributed by atoms with Gasteiger partial charge in [-0.1, -0.05) is 0 Å². The molecule has 0 aromatic heterocycles. The Hall–Kier alpha value is -2.33. The normalized spacial score (nSPS) is 9.85. The van der Waals surface area contributed by atoms with E-state index >= 15 is 0 Å². The van der Waals surface area contributed by atoms with Crippen molar-refractivity contribution >= 4 is 11.4 Å². The van der Waals surface area contributed by atoms with Gasteiger partial charge >= 0.3 is 0 Å². The summed E-state index contributed by atoms with van der Waals surface area (Å²) in [5.74, 6) is 0.532. The number of rotatable bonds is 8. The summed E-state index contributed by atoms with van der Waals surface area (Å²) in [6.45, 7) is 1.28. The van der Waals surface area contributed by atoms with Crippen LogP contribution in [0.3, 0.4) is 0 Å². The quantitative estimate of drug-likeness (QED) is 0.534. The Balaban J connectivity index is 3.13. The van der Waals surface area contributed by atoms with Gasteiger partial charge in [0, 0.05) is 32.3 Å². The molecule has 0 aliphatic heterocycles. The van der Waals surface area contributed by atoms with E-state index in [2.05, 4.69) is 0 Å². The lowest BCUT2D eigenvalue weighted by Crippen LogP contribution is -2.28. The zero-order chi connectivity index (χ0) is 15.0. The Kier molecular flexibility index (Phi) is 6.26. The smallest absolute Gasteiger partial charge is 0.292 e. The zero-order valence-corrected chi connectivity index (χ0v) is 11.5. The van der Waals surface area contributed by atoms with Crippen LogP contribution in [0.1, 0.15) is 6.42 Å².